The van der Waals surface area contributed by atoms with Gasteiger partial charge >= 0.3 is 0 Å². The highest BCUT2D eigenvalue weighted by molar-refractivity contribution is 7.96. The van der Waals surface area contributed by atoms with Crippen LogP contribution in [0, 0.1) is 6.92 Å². The van der Waals surface area contributed by atoms with E-state index in [0.29, 0.717) is 23.4 Å². The third-order valence-electron chi connectivity index (χ3n) is 3.96. The fourth-order valence-corrected chi connectivity index (χ4v) is 3.98. The maximum Gasteiger partial charge on any atom is 0.258 e. The summed E-state index contributed by atoms with van der Waals surface area (Å²) in [5, 5.41) is 0.344. The van der Waals surface area contributed by atoms with Crippen LogP contribution in [0.2, 0.25) is 5.02 Å². The second-order valence-electron chi connectivity index (χ2n) is 5.91. The minimum Gasteiger partial charge on any atom is -0.288 e. The van der Waals surface area contributed by atoms with Crippen molar-refractivity contribution in [2.75, 3.05) is 4.72 Å². The number of nitrogens with one attached hydrogen (secondary N) is 1. The van der Waals surface area contributed by atoms with Crippen molar-refractivity contribution < 1.29 is 13.2 Å². The fraction of sp³-hybridized carbons (Fsp3) is 0.158. The summed E-state index contributed by atoms with van der Waals surface area (Å²) in [5.74, 6) is -0.352. The molecule has 0 unspecified atom stereocenters. The molecule has 1 aromatic carbocycles. The van der Waals surface area contributed by atoms with Crippen molar-refractivity contribution >= 4 is 33.1 Å². The van der Waals surface area contributed by atoms with Gasteiger partial charge in [0, 0.05) is 28.0 Å². The van der Waals surface area contributed by atoms with Crippen molar-refractivity contribution in [2.24, 2.45) is 0 Å². The van der Waals surface area contributed by atoms with E-state index in [1.807, 2.05) is 13.0 Å². The minimum atomic E-state index is -3.75. The van der Waals surface area contributed by atoms with Gasteiger partial charge in [0.25, 0.3) is 10.0 Å². The van der Waals surface area contributed by atoms with Gasteiger partial charge in [0.05, 0.1) is 10.6 Å². The van der Waals surface area contributed by atoms with E-state index < -0.39 is 10.0 Å². The van der Waals surface area contributed by atoms with Crippen LogP contribution >= 0.6 is 11.6 Å². The van der Waals surface area contributed by atoms with Crippen molar-refractivity contribution in [3.63, 3.8) is 0 Å². The predicted molar refractivity (Wildman–Crippen MR) is 103 cm³/mol. The van der Waals surface area contributed by atoms with Crippen LogP contribution in [0.25, 0.3) is 0 Å². The standard InChI is InChI=1S/C19H17ClN2O3S/c1-13-7-8-14(12-21-13)19(23)17-11-15(20)9-10-18(17)22-26(24,25)16-5-3-2-4-6-16/h2-3,5,7-12,22H,4,6H2,1H3. The van der Waals surface area contributed by atoms with Gasteiger partial charge in [-0.25, -0.2) is 8.42 Å². The lowest BCUT2D eigenvalue weighted by atomic mass is 10.0. The Hall–Kier alpha value is -2.44. The molecule has 0 atom stereocenters. The maximum absolute atomic E-state index is 12.8. The molecule has 0 amide bonds. The number of halogens is 1. The molecule has 0 saturated carbocycles. The average Bonchev–Trinajstić information content (AvgIpc) is 2.64. The molecule has 1 aliphatic rings. The Morgan fingerprint density at radius 2 is 2.04 bits per heavy atom. The first-order chi connectivity index (χ1) is 12.4. The number of benzene rings is 1. The van der Waals surface area contributed by atoms with E-state index >= 15 is 0 Å². The van der Waals surface area contributed by atoms with E-state index in [2.05, 4.69) is 9.71 Å². The molecule has 1 aromatic heterocycles. The average molecular weight is 389 g/mol. The second kappa shape index (κ2) is 7.43. The topological polar surface area (TPSA) is 76.1 Å². The van der Waals surface area contributed by atoms with E-state index in [1.165, 1.54) is 18.3 Å². The number of carbonyl (C=O) groups is 1. The molecule has 0 bridgehead atoms. The zero-order valence-corrected chi connectivity index (χ0v) is 15.6. The number of nitrogens with zero attached hydrogens (tertiary/aromatic N) is 1. The van der Waals surface area contributed by atoms with Gasteiger partial charge in [-0.2, -0.15) is 0 Å². The highest BCUT2D eigenvalue weighted by Crippen LogP contribution is 2.27. The van der Waals surface area contributed by atoms with Gasteiger partial charge in [-0.1, -0.05) is 23.8 Å². The van der Waals surface area contributed by atoms with Crippen LogP contribution < -0.4 is 4.72 Å². The van der Waals surface area contributed by atoms with Gasteiger partial charge in [-0.05, 0) is 56.2 Å². The highest BCUT2D eigenvalue weighted by Gasteiger charge is 2.22. The fourth-order valence-electron chi connectivity index (χ4n) is 2.57. The molecule has 0 aliphatic heterocycles. The van der Waals surface area contributed by atoms with Crippen molar-refractivity contribution in [2.45, 2.75) is 19.8 Å². The quantitative estimate of drug-likeness (QED) is 0.777. The molecule has 0 radical (unpaired) electrons. The van der Waals surface area contributed by atoms with E-state index in [4.69, 9.17) is 11.6 Å². The van der Waals surface area contributed by atoms with Crippen LogP contribution in [-0.4, -0.2) is 19.2 Å². The third kappa shape index (κ3) is 4.03. The second-order valence-corrected chi connectivity index (χ2v) is 8.08. The zero-order valence-electron chi connectivity index (χ0n) is 14.1. The molecular formula is C19H17ClN2O3S. The van der Waals surface area contributed by atoms with Crippen LogP contribution in [0.1, 0.15) is 34.5 Å². The molecular weight excluding hydrogens is 372 g/mol. The van der Waals surface area contributed by atoms with Gasteiger partial charge in [-0.15, -0.1) is 0 Å². The molecule has 2 aromatic rings. The first kappa shape index (κ1) is 18.4. The van der Waals surface area contributed by atoms with Gasteiger partial charge < -0.3 is 0 Å². The molecule has 134 valence electrons. The molecule has 26 heavy (non-hydrogen) atoms. The lowest BCUT2D eigenvalue weighted by molar-refractivity contribution is 0.103. The number of allylic oxidation sites excluding steroid dienone is 4. The molecule has 7 heteroatoms. The normalized spacial score (nSPS) is 14.0. The molecule has 0 fully saturated rings. The van der Waals surface area contributed by atoms with E-state index in [-0.39, 0.29) is 21.9 Å². The van der Waals surface area contributed by atoms with Gasteiger partial charge in [0.2, 0.25) is 0 Å². The Labute approximate surface area is 157 Å². The Morgan fingerprint density at radius 3 is 2.69 bits per heavy atom. The van der Waals surface area contributed by atoms with Gasteiger partial charge in [0.15, 0.2) is 5.78 Å². The molecule has 1 aliphatic carbocycles. The highest BCUT2D eigenvalue weighted by atomic mass is 35.5. The molecule has 1 heterocycles. The number of sulfonamides is 1. The molecule has 0 spiro atoms. The van der Waals surface area contributed by atoms with Crippen LogP contribution in [0.5, 0.6) is 0 Å². The number of anilines is 1. The number of rotatable bonds is 5. The summed E-state index contributed by atoms with van der Waals surface area (Å²) in [5.41, 5.74) is 1.51. The number of aryl methyl sites for hydroxylation is 1. The van der Waals surface area contributed by atoms with Crippen LogP contribution in [0.15, 0.2) is 59.7 Å². The number of pyridine rings is 1. The Balaban J connectivity index is 1.98. The summed E-state index contributed by atoms with van der Waals surface area (Å²) < 4.78 is 27.8. The first-order valence-corrected chi connectivity index (χ1v) is 9.88. The Morgan fingerprint density at radius 1 is 1.23 bits per heavy atom. The third-order valence-corrected chi connectivity index (χ3v) is 5.72. The zero-order chi connectivity index (χ0) is 18.7. The molecule has 5 nitrogen and oxygen atoms in total. The van der Waals surface area contributed by atoms with E-state index in [1.54, 1.807) is 30.4 Å². The van der Waals surface area contributed by atoms with Crippen molar-refractivity contribution in [3.05, 3.63) is 81.5 Å². The SMILES string of the molecule is Cc1ccc(C(=O)c2cc(Cl)ccc2NS(=O)(=O)C2=CC=CCC2)cn1. The molecule has 3 rings (SSSR count). The van der Waals surface area contributed by atoms with E-state index in [0.717, 1.165) is 5.69 Å². The summed E-state index contributed by atoms with van der Waals surface area (Å²) in [6, 6.07) is 7.86. The number of hydrogen-bond donors (Lipinski definition) is 1. The number of aromatic nitrogens is 1. The monoisotopic (exact) mass is 388 g/mol. The van der Waals surface area contributed by atoms with Crippen molar-refractivity contribution in [1.29, 1.82) is 0 Å². The Bertz CT molecular complexity index is 1010. The lowest BCUT2D eigenvalue weighted by Gasteiger charge is -2.15. The summed E-state index contributed by atoms with van der Waals surface area (Å²) in [4.78, 5) is 17.2. The lowest BCUT2D eigenvalue weighted by Crippen LogP contribution is -2.18. The smallest absolute Gasteiger partial charge is 0.258 e. The number of ketones is 1. The van der Waals surface area contributed by atoms with Crippen LogP contribution in [-0.2, 0) is 10.0 Å². The van der Waals surface area contributed by atoms with Crippen LogP contribution in [0.3, 0.4) is 0 Å². The maximum atomic E-state index is 12.8. The minimum absolute atomic E-state index is 0.179. The van der Waals surface area contributed by atoms with Crippen LogP contribution in [0.4, 0.5) is 5.69 Å². The Kier molecular flexibility index (Phi) is 5.25. The number of hydrogen-bond acceptors (Lipinski definition) is 4. The number of carbonyl (C=O) groups excluding carboxylic acids is 1. The van der Waals surface area contributed by atoms with Crippen molar-refractivity contribution in [3.8, 4) is 0 Å². The summed E-state index contributed by atoms with van der Waals surface area (Å²) >= 11 is 6.03. The molecule has 0 saturated heterocycles. The van der Waals surface area contributed by atoms with Crippen molar-refractivity contribution in [1.82, 2.24) is 4.98 Å². The summed E-state index contributed by atoms with van der Waals surface area (Å²) in [6.45, 7) is 1.82. The summed E-state index contributed by atoms with van der Waals surface area (Å²) in [7, 11) is -3.75. The van der Waals surface area contributed by atoms with Gasteiger partial charge in [-0.3, -0.25) is 14.5 Å². The van der Waals surface area contributed by atoms with E-state index in [9.17, 15) is 13.2 Å². The summed E-state index contributed by atoms with van der Waals surface area (Å²) in [6.07, 6.45) is 7.72. The first-order valence-electron chi connectivity index (χ1n) is 8.02. The van der Waals surface area contributed by atoms with Gasteiger partial charge in [0.1, 0.15) is 0 Å². The predicted octanol–water partition coefficient (Wildman–Crippen LogP) is 4.25. The largest absolute Gasteiger partial charge is 0.288 e. The molecule has 1 N–H and O–H groups in total.